The molecule has 0 heterocycles. The van der Waals surface area contributed by atoms with Crippen molar-refractivity contribution in [3.8, 4) is 0 Å². The van der Waals surface area contributed by atoms with E-state index in [1.54, 1.807) is 0 Å². The number of fused-ring (bicyclic) bond motifs is 5. The molecule has 3 fully saturated rings. The molecule has 0 bridgehead atoms. The monoisotopic (exact) mass is 458 g/mol. The molecule has 0 amide bonds. The van der Waals surface area contributed by atoms with E-state index in [2.05, 4.69) is 26.0 Å². The lowest BCUT2D eigenvalue weighted by Gasteiger charge is -2.57. The molecule has 0 aromatic rings. The fraction of sp³-hybridized carbons (Fsp3) is 0.741. The number of allylic oxidation sites excluding steroid dienone is 3. The average Bonchev–Trinajstić information content (AvgIpc) is 3.10. The highest BCUT2D eigenvalue weighted by Crippen LogP contribution is 2.66. The summed E-state index contributed by atoms with van der Waals surface area (Å²) in [6.45, 7) is 9.48. The van der Waals surface area contributed by atoms with Crippen molar-refractivity contribution in [2.24, 2.45) is 34.5 Å². The first-order valence-corrected chi connectivity index (χ1v) is 12.4. The van der Waals surface area contributed by atoms with Crippen molar-refractivity contribution in [1.29, 1.82) is 0 Å². The van der Waals surface area contributed by atoms with Crippen molar-refractivity contribution in [3.63, 3.8) is 0 Å². The van der Waals surface area contributed by atoms with Gasteiger partial charge in [0.15, 0.2) is 0 Å². The molecule has 6 heteroatoms. The first-order valence-electron chi connectivity index (χ1n) is 12.4. The quantitative estimate of drug-likeness (QED) is 0.446. The third-order valence-corrected chi connectivity index (χ3v) is 9.49. The Morgan fingerprint density at radius 1 is 1.00 bits per heavy atom. The Kier molecular flexibility index (Phi) is 6.25. The maximum Gasteiger partial charge on any atom is 0.308 e. The van der Waals surface area contributed by atoms with Crippen LogP contribution in [0.3, 0.4) is 0 Å². The molecule has 4 rings (SSSR count). The van der Waals surface area contributed by atoms with E-state index in [1.165, 1.54) is 32.1 Å². The second-order valence-electron chi connectivity index (χ2n) is 11.1. The predicted molar refractivity (Wildman–Crippen MR) is 123 cm³/mol. The summed E-state index contributed by atoms with van der Waals surface area (Å²) < 4.78 is 16.5. The number of carbonyl (C=O) groups excluding carboxylic acids is 3. The molecule has 0 spiro atoms. The largest absolute Gasteiger partial charge is 0.469 e. The Morgan fingerprint density at radius 3 is 2.33 bits per heavy atom. The van der Waals surface area contributed by atoms with Crippen molar-refractivity contribution < 1.29 is 28.6 Å². The highest BCUT2D eigenvalue weighted by atomic mass is 16.6. The molecular formula is C27H38O6. The fourth-order valence-electron chi connectivity index (χ4n) is 7.91. The first-order chi connectivity index (χ1) is 15.5. The van der Waals surface area contributed by atoms with Gasteiger partial charge in [-0.1, -0.05) is 44.1 Å². The van der Waals surface area contributed by atoms with Gasteiger partial charge in [-0.2, -0.15) is 0 Å². The van der Waals surface area contributed by atoms with Crippen LogP contribution >= 0.6 is 0 Å². The third-order valence-electron chi connectivity index (χ3n) is 9.49. The van der Waals surface area contributed by atoms with Gasteiger partial charge in [0.05, 0.1) is 13.0 Å². The van der Waals surface area contributed by atoms with E-state index in [-0.39, 0.29) is 52.8 Å². The van der Waals surface area contributed by atoms with Crippen LogP contribution < -0.4 is 0 Å². The minimum atomic E-state index is -0.330. The summed E-state index contributed by atoms with van der Waals surface area (Å²) in [5, 5.41) is 0. The molecule has 3 saturated carbocycles. The molecule has 33 heavy (non-hydrogen) atoms. The SMILES string of the molecule is COC(=O)C(C)[C@H]1CC[C@H]2C3=CC=C4CC(OC(C)=O)CC(OC(C)=O)[C@]4(C)[C@H]3CC[C@]12C. The van der Waals surface area contributed by atoms with Crippen LogP contribution in [0.15, 0.2) is 23.3 Å². The van der Waals surface area contributed by atoms with Crippen LogP contribution in [0.1, 0.15) is 73.1 Å². The smallest absolute Gasteiger partial charge is 0.308 e. The van der Waals surface area contributed by atoms with Crippen LogP contribution in [-0.2, 0) is 28.6 Å². The maximum absolute atomic E-state index is 12.4. The maximum atomic E-state index is 12.4. The van der Waals surface area contributed by atoms with Gasteiger partial charge in [0.25, 0.3) is 0 Å². The number of rotatable bonds is 4. The Hall–Kier alpha value is -2.11. The van der Waals surface area contributed by atoms with Crippen LogP contribution in [-0.4, -0.2) is 37.2 Å². The second-order valence-corrected chi connectivity index (χ2v) is 11.1. The molecule has 6 nitrogen and oxygen atoms in total. The molecule has 0 radical (unpaired) electrons. The molecule has 8 atom stereocenters. The summed E-state index contributed by atoms with van der Waals surface area (Å²) in [6.07, 6.45) is 9.21. The van der Waals surface area contributed by atoms with E-state index < -0.39 is 0 Å². The Bertz CT molecular complexity index is 902. The normalized spacial score (nSPS) is 40.2. The molecule has 182 valence electrons. The lowest BCUT2D eigenvalue weighted by molar-refractivity contribution is -0.165. The minimum absolute atomic E-state index is 0.0590. The van der Waals surface area contributed by atoms with Gasteiger partial charge < -0.3 is 14.2 Å². The second kappa shape index (κ2) is 8.59. The highest BCUT2D eigenvalue weighted by Gasteiger charge is 2.60. The van der Waals surface area contributed by atoms with E-state index in [4.69, 9.17) is 14.2 Å². The number of hydrogen-bond donors (Lipinski definition) is 0. The number of methoxy groups -OCH3 is 1. The van der Waals surface area contributed by atoms with Crippen LogP contribution in [0, 0.1) is 34.5 Å². The van der Waals surface area contributed by atoms with Crippen molar-refractivity contribution in [2.45, 2.75) is 85.4 Å². The number of carbonyl (C=O) groups is 3. The molecule has 4 aliphatic rings. The van der Waals surface area contributed by atoms with Gasteiger partial charge in [-0.15, -0.1) is 0 Å². The molecule has 3 unspecified atom stereocenters. The topological polar surface area (TPSA) is 78.9 Å². The standard InChI is InChI=1S/C27H38O6/c1-15(25(30)31-6)21-9-10-22-20-8-7-18-13-19(32-16(2)28)14-24(33-17(3)29)27(18,5)23(20)11-12-26(21,22)4/h7-8,15,19,21-24H,9-14H2,1-6H3/t15?,19?,21-,22+,23+,24?,26-,27+/m1/s1. The molecule has 4 aliphatic carbocycles. The summed E-state index contributed by atoms with van der Waals surface area (Å²) in [4.78, 5) is 36.0. The van der Waals surface area contributed by atoms with Gasteiger partial charge in [0.2, 0.25) is 0 Å². The van der Waals surface area contributed by atoms with Gasteiger partial charge in [-0.05, 0) is 48.9 Å². The highest BCUT2D eigenvalue weighted by molar-refractivity contribution is 5.72. The lowest BCUT2D eigenvalue weighted by atomic mass is 9.49. The van der Waals surface area contributed by atoms with Crippen LogP contribution in [0.2, 0.25) is 0 Å². The Labute approximate surface area is 197 Å². The zero-order valence-electron chi connectivity index (χ0n) is 20.8. The van der Waals surface area contributed by atoms with E-state index in [9.17, 15) is 14.4 Å². The zero-order valence-corrected chi connectivity index (χ0v) is 20.8. The molecule has 0 aliphatic heterocycles. The number of hydrogen-bond acceptors (Lipinski definition) is 6. The van der Waals surface area contributed by atoms with Crippen LogP contribution in [0.5, 0.6) is 0 Å². The summed E-state index contributed by atoms with van der Waals surface area (Å²) >= 11 is 0. The molecule has 0 aromatic heterocycles. The fourth-order valence-corrected chi connectivity index (χ4v) is 7.91. The number of ether oxygens (including phenoxy) is 3. The Morgan fingerprint density at radius 2 is 1.70 bits per heavy atom. The van der Waals surface area contributed by atoms with Crippen molar-refractivity contribution in [2.75, 3.05) is 7.11 Å². The van der Waals surface area contributed by atoms with E-state index >= 15 is 0 Å². The van der Waals surface area contributed by atoms with Crippen LogP contribution in [0.25, 0.3) is 0 Å². The third kappa shape index (κ3) is 3.83. The van der Waals surface area contributed by atoms with Gasteiger partial charge >= 0.3 is 17.9 Å². The van der Waals surface area contributed by atoms with E-state index in [0.29, 0.717) is 24.7 Å². The average molecular weight is 459 g/mol. The minimum Gasteiger partial charge on any atom is -0.469 e. The van der Waals surface area contributed by atoms with Crippen molar-refractivity contribution in [1.82, 2.24) is 0 Å². The molecular weight excluding hydrogens is 420 g/mol. The summed E-state index contributed by atoms with van der Waals surface area (Å²) in [7, 11) is 1.47. The summed E-state index contributed by atoms with van der Waals surface area (Å²) in [5.74, 6) is 0.169. The van der Waals surface area contributed by atoms with Crippen molar-refractivity contribution >= 4 is 17.9 Å². The van der Waals surface area contributed by atoms with Gasteiger partial charge in [-0.3, -0.25) is 14.4 Å². The van der Waals surface area contributed by atoms with Gasteiger partial charge in [0, 0.05) is 32.1 Å². The lowest BCUT2D eigenvalue weighted by Crippen LogP contribution is -2.54. The molecule has 0 N–H and O–H groups in total. The van der Waals surface area contributed by atoms with Crippen LogP contribution in [0.4, 0.5) is 0 Å². The Balaban J connectivity index is 1.68. The predicted octanol–water partition coefficient (Wildman–Crippen LogP) is 4.77. The first kappa shape index (κ1) is 24.0. The van der Waals surface area contributed by atoms with Crippen molar-refractivity contribution in [3.05, 3.63) is 23.3 Å². The van der Waals surface area contributed by atoms with Gasteiger partial charge in [0.1, 0.15) is 12.2 Å². The number of esters is 3. The summed E-state index contributed by atoms with van der Waals surface area (Å²) in [5.41, 5.74) is 2.40. The van der Waals surface area contributed by atoms with E-state index in [1.807, 2.05) is 6.92 Å². The van der Waals surface area contributed by atoms with Gasteiger partial charge in [-0.25, -0.2) is 0 Å². The summed E-state index contributed by atoms with van der Waals surface area (Å²) in [6, 6.07) is 0. The van der Waals surface area contributed by atoms with E-state index in [0.717, 1.165) is 25.7 Å². The molecule has 0 saturated heterocycles. The molecule has 0 aromatic carbocycles. The zero-order chi connectivity index (χ0) is 24.1.